The molecule has 1 saturated carbocycles. The number of carbonyl (C=O) groups is 2. The zero-order valence-electron chi connectivity index (χ0n) is 17.3. The lowest BCUT2D eigenvalue weighted by molar-refractivity contribution is -0.153. The molecule has 1 aliphatic rings. The van der Waals surface area contributed by atoms with Crippen molar-refractivity contribution in [3.63, 3.8) is 0 Å². The SMILES string of the molecule is CC1(C(=O)O)CCC(Nc2c(C(N)=O)cnn3cc(-c4ccccc4)cc23)C1(C)C. The van der Waals surface area contributed by atoms with Crippen molar-refractivity contribution in [2.45, 2.75) is 39.7 Å². The van der Waals surface area contributed by atoms with Gasteiger partial charge in [-0.05, 0) is 31.4 Å². The normalized spacial score (nSPS) is 22.8. The van der Waals surface area contributed by atoms with Crippen LogP contribution in [-0.2, 0) is 4.79 Å². The first-order chi connectivity index (χ1) is 14.1. The van der Waals surface area contributed by atoms with Gasteiger partial charge in [0.25, 0.3) is 5.91 Å². The van der Waals surface area contributed by atoms with E-state index >= 15 is 0 Å². The minimum Gasteiger partial charge on any atom is -0.481 e. The molecular weight excluding hydrogens is 380 g/mol. The maximum absolute atomic E-state index is 12.2. The summed E-state index contributed by atoms with van der Waals surface area (Å²) in [6.07, 6.45) is 4.60. The lowest BCUT2D eigenvalue weighted by atomic mass is 9.68. The molecule has 4 rings (SSSR count). The van der Waals surface area contributed by atoms with Crippen molar-refractivity contribution >= 4 is 23.1 Å². The second-order valence-corrected chi connectivity index (χ2v) is 8.82. The number of nitrogens with zero attached hydrogens (tertiary/aromatic N) is 2. The quantitative estimate of drug-likeness (QED) is 0.597. The number of hydrogen-bond donors (Lipinski definition) is 3. The van der Waals surface area contributed by atoms with Gasteiger partial charge in [0, 0.05) is 23.2 Å². The minimum absolute atomic E-state index is 0.141. The number of amides is 1. The van der Waals surface area contributed by atoms with Crippen LogP contribution in [0, 0.1) is 10.8 Å². The van der Waals surface area contributed by atoms with Crippen molar-refractivity contribution in [2.24, 2.45) is 16.6 Å². The van der Waals surface area contributed by atoms with Gasteiger partial charge in [0.15, 0.2) is 0 Å². The van der Waals surface area contributed by atoms with Crippen LogP contribution in [0.3, 0.4) is 0 Å². The zero-order valence-corrected chi connectivity index (χ0v) is 17.3. The summed E-state index contributed by atoms with van der Waals surface area (Å²) in [4.78, 5) is 24.1. The number of nitrogens with one attached hydrogen (secondary N) is 1. The first-order valence-electron chi connectivity index (χ1n) is 10.0. The number of nitrogens with two attached hydrogens (primary N) is 1. The molecule has 1 aromatic carbocycles. The van der Waals surface area contributed by atoms with Crippen LogP contribution in [0.2, 0.25) is 0 Å². The molecule has 1 aliphatic carbocycles. The summed E-state index contributed by atoms with van der Waals surface area (Å²) in [6, 6.07) is 11.7. The van der Waals surface area contributed by atoms with Gasteiger partial charge < -0.3 is 16.2 Å². The number of fused-ring (bicyclic) bond motifs is 1. The topological polar surface area (TPSA) is 110 Å². The average molecular weight is 406 g/mol. The highest BCUT2D eigenvalue weighted by atomic mass is 16.4. The third-order valence-corrected chi connectivity index (χ3v) is 7.03. The number of carboxylic acids is 1. The van der Waals surface area contributed by atoms with E-state index in [1.807, 2.05) is 56.4 Å². The average Bonchev–Trinajstić information content (AvgIpc) is 3.24. The van der Waals surface area contributed by atoms with Crippen LogP contribution in [0.25, 0.3) is 16.6 Å². The molecule has 2 atom stereocenters. The molecule has 2 heterocycles. The summed E-state index contributed by atoms with van der Waals surface area (Å²) in [7, 11) is 0. The number of rotatable bonds is 5. The van der Waals surface area contributed by atoms with Gasteiger partial charge in [-0.1, -0.05) is 44.2 Å². The molecule has 0 aliphatic heterocycles. The van der Waals surface area contributed by atoms with Crippen LogP contribution in [-0.4, -0.2) is 32.6 Å². The third-order valence-electron chi connectivity index (χ3n) is 7.03. The summed E-state index contributed by atoms with van der Waals surface area (Å²) in [6.45, 7) is 5.71. The first kappa shape index (κ1) is 19.9. The number of benzene rings is 1. The number of anilines is 1. The summed E-state index contributed by atoms with van der Waals surface area (Å²) in [5.74, 6) is -1.38. The van der Waals surface area contributed by atoms with E-state index in [2.05, 4.69) is 10.4 Å². The number of hydrogen-bond acceptors (Lipinski definition) is 4. The van der Waals surface area contributed by atoms with E-state index < -0.39 is 22.7 Å². The van der Waals surface area contributed by atoms with Crippen LogP contribution in [0.1, 0.15) is 44.0 Å². The number of primary amides is 1. The van der Waals surface area contributed by atoms with Crippen LogP contribution >= 0.6 is 0 Å². The van der Waals surface area contributed by atoms with E-state index in [-0.39, 0.29) is 6.04 Å². The number of aliphatic carboxylic acids is 1. The Morgan fingerprint density at radius 1 is 1.20 bits per heavy atom. The van der Waals surface area contributed by atoms with Crippen molar-refractivity contribution in [1.29, 1.82) is 0 Å². The van der Waals surface area contributed by atoms with Crippen molar-refractivity contribution in [3.8, 4) is 11.1 Å². The molecule has 2 unspecified atom stereocenters. The Kier molecular flexibility index (Phi) is 4.56. The molecule has 3 aromatic rings. The highest BCUT2D eigenvalue weighted by molar-refractivity contribution is 6.02. The Morgan fingerprint density at radius 3 is 2.50 bits per heavy atom. The molecule has 1 amide bonds. The fourth-order valence-corrected chi connectivity index (χ4v) is 4.49. The second-order valence-electron chi connectivity index (χ2n) is 8.82. The molecule has 0 spiro atoms. The van der Waals surface area contributed by atoms with E-state index in [1.54, 1.807) is 11.4 Å². The fourth-order valence-electron chi connectivity index (χ4n) is 4.49. The summed E-state index contributed by atoms with van der Waals surface area (Å²) in [5.41, 5.74) is 7.85. The summed E-state index contributed by atoms with van der Waals surface area (Å²) in [5, 5.41) is 17.7. The van der Waals surface area contributed by atoms with Crippen LogP contribution in [0.5, 0.6) is 0 Å². The molecule has 0 bridgehead atoms. The standard InChI is InChI=1S/C23H26N4O3/c1-22(2)18(9-10-23(22,3)21(29)30)26-19-16(20(24)28)12-25-27-13-15(11-17(19)27)14-7-5-4-6-8-14/h4-8,11-13,18,26H,9-10H2,1-3H3,(H2,24,28)(H,29,30). The Labute approximate surface area is 174 Å². The maximum atomic E-state index is 12.2. The second kappa shape index (κ2) is 6.86. The van der Waals surface area contributed by atoms with Crippen LogP contribution in [0.4, 0.5) is 5.69 Å². The smallest absolute Gasteiger partial charge is 0.309 e. The van der Waals surface area contributed by atoms with E-state index in [1.165, 1.54) is 6.20 Å². The predicted octanol–water partition coefficient (Wildman–Crippen LogP) is 3.79. The predicted molar refractivity (Wildman–Crippen MR) is 115 cm³/mol. The Bertz CT molecular complexity index is 1140. The van der Waals surface area contributed by atoms with E-state index in [9.17, 15) is 14.7 Å². The lowest BCUT2D eigenvalue weighted by Crippen LogP contribution is -2.45. The van der Waals surface area contributed by atoms with Gasteiger partial charge in [-0.25, -0.2) is 4.52 Å². The number of aromatic nitrogens is 2. The van der Waals surface area contributed by atoms with Crippen molar-refractivity contribution in [1.82, 2.24) is 9.61 Å². The van der Waals surface area contributed by atoms with Gasteiger partial charge >= 0.3 is 5.97 Å². The van der Waals surface area contributed by atoms with Crippen LogP contribution < -0.4 is 11.1 Å². The Balaban J connectivity index is 1.81. The molecular formula is C23H26N4O3. The molecule has 0 radical (unpaired) electrons. The molecule has 7 heteroatoms. The highest BCUT2D eigenvalue weighted by Crippen LogP contribution is 2.53. The summed E-state index contributed by atoms with van der Waals surface area (Å²) >= 11 is 0. The Morgan fingerprint density at radius 2 is 1.90 bits per heavy atom. The van der Waals surface area contributed by atoms with Crippen molar-refractivity contribution in [3.05, 3.63) is 54.4 Å². The highest BCUT2D eigenvalue weighted by Gasteiger charge is 2.56. The van der Waals surface area contributed by atoms with Gasteiger partial charge in [-0.15, -0.1) is 0 Å². The molecule has 156 valence electrons. The van der Waals surface area contributed by atoms with E-state index in [4.69, 9.17) is 5.73 Å². The molecule has 4 N–H and O–H groups in total. The zero-order chi connectivity index (χ0) is 21.7. The third kappa shape index (κ3) is 2.93. The van der Waals surface area contributed by atoms with E-state index in [0.717, 1.165) is 16.6 Å². The fraction of sp³-hybridized carbons (Fsp3) is 0.348. The van der Waals surface area contributed by atoms with Gasteiger partial charge in [-0.2, -0.15) is 5.10 Å². The molecule has 0 saturated heterocycles. The minimum atomic E-state index is -0.863. The monoisotopic (exact) mass is 406 g/mol. The Hall–Kier alpha value is -3.35. The van der Waals surface area contributed by atoms with Crippen LogP contribution in [0.15, 0.2) is 48.8 Å². The van der Waals surface area contributed by atoms with Crippen molar-refractivity contribution < 1.29 is 14.7 Å². The molecule has 2 aromatic heterocycles. The lowest BCUT2D eigenvalue weighted by Gasteiger charge is -2.39. The van der Waals surface area contributed by atoms with E-state index in [0.29, 0.717) is 24.1 Å². The first-order valence-corrected chi connectivity index (χ1v) is 10.0. The number of carboxylic acid groups (broad SMARTS) is 1. The van der Waals surface area contributed by atoms with Gasteiger partial charge in [-0.3, -0.25) is 9.59 Å². The molecule has 30 heavy (non-hydrogen) atoms. The van der Waals surface area contributed by atoms with Gasteiger partial charge in [0.1, 0.15) is 0 Å². The van der Waals surface area contributed by atoms with Crippen molar-refractivity contribution in [2.75, 3.05) is 5.32 Å². The largest absolute Gasteiger partial charge is 0.481 e. The molecule has 1 fully saturated rings. The maximum Gasteiger partial charge on any atom is 0.309 e. The van der Waals surface area contributed by atoms with Gasteiger partial charge in [0.2, 0.25) is 0 Å². The summed E-state index contributed by atoms with van der Waals surface area (Å²) < 4.78 is 1.72. The van der Waals surface area contributed by atoms with Gasteiger partial charge in [0.05, 0.1) is 28.4 Å². The number of carbonyl (C=O) groups excluding carboxylic acids is 1. The molecule has 7 nitrogen and oxygen atoms in total.